The van der Waals surface area contributed by atoms with Crippen LogP contribution in [-0.2, 0) is 14.3 Å². The summed E-state index contributed by atoms with van der Waals surface area (Å²) in [6.07, 6.45) is 0. The van der Waals surface area contributed by atoms with Crippen molar-refractivity contribution in [1.82, 2.24) is 4.90 Å². The second kappa shape index (κ2) is 7.97. The summed E-state index contributed by atoms with van der Waals surface area (Å²) in [6, 6.07) is 14.1. The zero-order valence-corrected chi connectivity index (χ0v) is 16.4. The summed E-state index contributed by atoms with van der Waals surface area (Å²) < 4.78 is 15.9. The molecule has 0 radical (unpaired) electrons. The fraction of sp³-hybridized carbons (Fsp3) is 0.273. The zero-order valence-electron chi connectivity index (χ0n) is 16.4. The molecule has 0 aliphatic carbocycles. The molecule has 2 aromatic carbocycles. The predicted octanol–water partition coefficient (Wildman–Crippen LogP) is 2.32. The quantitative estimate of drug-likeness (QED) is 0.725. The first-order valence-electron chi connectivity index (χ1n) is 9.38. The van der Waals surface area contributed by atoms with Crippen LogP contribution in [0.4, 0.5) is 5.69 Å². The number of ether oxygens (including phenoxy) is 3. The van der Waals surface area contributed by atoms with Crippen molar-refractivity contribution in [2.45, 2.75) is 0 Å². The Morgan fingerprint density at radius 3 is 2.21 bits per heavy atom. The number of methoxy groups -OCH3 is 2. The van der Waals surface area contributed by atoms with Crippen molar-refractivity contribution >= 4 is 23.1 Å². The van der Waals surface area contributed by atoms with E-state index >= 15 is 0 Å². The summed E-state index contributed by atoms with van der Waals surface area (Å²) >= 11 is 0. The first-order valence-corrected chi connectivity index (χ1v) is 9.38. The molecule has 0 atom stereocenters. The van der Waals surface area contributed by atoms with Gasteiger partial charge >= 0.3 is 0 Å². The van der Waals surface area contributed by atoms with Crippen LogP contribution in [0.3, 0.4) is 0 Å². The van der Waals surface area contributed by atoms with Crippen LogP contribution in [0.25, 0.3) is 5.57 Å². The Labute approximate surface area is 169 Å². The maximum Gasteiger partial charge on any atom is 0.282 e. The van der Waals surface area contributed by atoms with Gasteiger partial charge in [0, 0.05) is 19.2 Å². The molecule has 2 aromatic rings. The molecule has 2 amide bonds. The van der Waals surface area contributed by atoms with Gasteiger partial charge in [0.1, 0.15) is 17.2 Å². The Balaban J connectivity index is 1.80. The van der Waals surface area contributed by atoms with Gasteiger partial charge in [-0.15, -0.1) is 0 Å². The molecule has 0 spiro atoms. The van der Waals surface area contributed by atoms with E-state index < -0.39 is 0 Å². The lowest BCUT2D eigenvalue weighted by Gasteiger charge is -2.29. The van der Waals surface area contributed by atoms with E-state index in [0.717, 1.165) is 0 Å². The van der Waals surface area contributed by atoms with E-state index in [4.69, 9.17) is 14.2 Å². The van der Waals surface area contributed by atoms with Crippen LogP contribution in [0.2, 0.25) is 0 Å². The standard InChI is InChI=1S/C22H22N2O5/c1-27-17-8-6-15(7-9-17)19-20(23-10-12-29-13-11-23)22(26)24(21(19)25)16-4-3-5-18(14-16)28-2/h3-9,14H,10-13H2,1-2H3. The number of amides is 2. The largest absolute Gasteiger partial charge is 0.497 e. The van der Waals surface area contributed by atoms with Gasteiger partial charge in [-0.05, 0) is 29.8 Å². The second-order valence-electron chi connectivity index (χ2n) is 6.70. The van der Waals surface area contributed by atoms with Crippen molar-refractivity contribution in [1.29, 1.82) is 0 Å². The third-order valence-electron chi connectivity index (χ3n) is 5.08. The predicted molar refractivity (Wildman–Crippen MR) is 108 cm³/mol. The lowest BCUT2D eigenvalue weighted by Crippen LogP contribution is -2.40. The van der Waals surface area contributed by atoms with E-state index in [1.807, 2.05) is 4.90 Å². The summed E-state index contributed by atoms with van der Waals surface area (Å²) in [5, 5.41) is 0. The minimum absolute atomic E-state index is 0.337. The van der Waals surface area contributed by atoms with E-state index in [9.17, 15) is 9.59 Å². The molecule has 7 nitrogen and oxygen atoms in total. The number of morpholine rings is 1. The Kier molecular flexibility index (Phi) is 5.22. The Morgan fingerprint density at radius 1 is 0.862 bits per heavy atom. The molecule has 29 heavy (non-hydrogen) atoms. The molecule has 2 aliphatic rings. The molecule has 150 valence electrons. The number of hydrogen-bond donors (Lipinski definition) is 0. The number of benzene rings is 2. The number of rotatable bonds is 5. The fourth-order valence-electron chi connectivity index (χ4n) is 3.60. The van der Waals surface area contributed by atoms with Crippen molar-refractivity contribution in [2.75, 3.05) is 45.4 Å². The molecule has 0 unspecified atom stereocenters. The Morgan fingerprint density at radius 2 is 1.55 bits per heavy atom. The highest BCUT2D eigenvalue weighted by molar-refractivity contribution is 6.45. The number of hydrogen-bond acceptors (Lipinski definition) is 6. The summed E-state index contributed by atoms with van der Waals surface area (Å²) in [7, 11) is 3.13. The summed E-state index contributed by atoms with van der Waals surface area (Å²) in [6.45, 7) is 2.14. The molecule has 2 aliphatic heterocycles. The fourth-order valence-corrected chi connectivity index (χ4v) is 3.60. The van der Waals surface area contributed by atoms with Gasteiger partial charge in [0.15, 0.2) is 0 Å². The highest BCUT2D eigenvalue weighted by atomic mass is 16.5. The second-order valence-corrected chi connectivity index (χ2v) is 6.70. The smallest absolute Gasteiger partial charge is 0.282 e. The minimum atomic E-state index is -0.352. The van der Waals surface area contributed by atoms with Crippen LogP contribution in [0, 0.1) is 0 Å². The van der Waals surface area contributed by atoms with Crippen LogP contribution in [0.1, 0.15) is 5.56 Å². The third-order valence-corrected chi connectivity index (χ3v) is 5.08. The summed E-state index contributed by atoms with van der Waals surface area (Å²) in [4.78, 5) is 30.0. The molecule has 0 saturated carbocycles. The van der Waals surface area contributed by atoms with Gasteiger partial charge in [-0.1, -0.05) is 18.2 Å². The SMILES string of the molecule is COc1ccc(C2=C(N3CCOCC3)C(=O)N(c3cccc(OC)c3)C2=O)cc1. The topological polar surface area (TPSA) is 68.3 Å². The Bertz CT molecular complexity index is 961. The summed E-state index contributed by atoms with van der Waals surface area (Å²) in [5.74, 6) is 0.573. The number of anilines is 1. The van der Waals surface area contributed by atoms with E-state index in [1.165, 1.54) is 4.90 Å². The van der Waals surface area contributed by atoms with Crippen LogP contribution in [0.15, 0.2) is 54.2 Å². The molecular weight excluding hydrogens is 372 g/mol. The average molecular weight is 394 g/mol. The van der Waals surface area contributed by atoms with Crippen molar-refractivity contribution in [3.63, 3.8) is 0 Å². The van der Waals surface area contributed by atoms with Crippen molar-refractivity contribution in [3.05, 3.63) is 59.8 Å². The van der Waals surface area contributed by atoms with Gasteiger partial charge in [0.2, 0.25) is 0 Å². The normalized spacial score (nSPS) is 17.2. The zero-order chi connectivity index (χ0) is 20.4. The average Bonchev–Trinajstić information content (AvgIpc) is 3.04. The van der Waals surface area contributed by atoms with Crippen molar-refractivity contribution in [2.24, 2.45) is 0 Å². The van der Waals surface area contributed by atoms with Crippen molar-refractivity contribution in [3.8, 4) is 11.5 Å². The first kappa shape index (κ1) is 19.0. The molecule has 0 aromatic heterocycles. The molecule has 7 heteroatoms. The van der Waals surface area contributed by atoms with E-state index in [-0.39, 0.29) is 11.8 Å². The Hall–Kier alpha value is -3.32. The molecule has 1 fully saturated rings. The molecule has 0 bridgehead atoms. The van der Waals surface area contributed by atoms with Crippen LogP contribution in [-0.4, -0.2) is 57.2 Å². The first-order chi connectivity index (χ1) is 14.1. The van der Waals surface area contributed by atoms with Crippen molar-refractivity contribution < 1.29 is 23.8 Å². The van der Waals surface area contributed by atoms with Gasteiger partial charge in [0.25, 0.3) is 11.8 Å². The molecular formula is C22H22N2O5. The number of nitrogens with zero attached hydrogens (tertiary/aromatic N) is 2. The van der Waals surface area contributed by atoms with Gasteiger partial charge in [-0.2, -0.15) is 0 Å². The van der Waals surface area contributed by atoms with Gasteiger partial charge in [0.05, 0.1) is 38.7 Å². The molecule has 4 rings (SSSR count). The van der Waals surface area contributed by atoms with Gasteiger partial charge in [-0.3, -0.25) is 9.59 Å². The minimum Gasteiger partial charge on any atom is -0.497 e. The maximum absolute atomic E-state index is 13.4. The van der Waals surface area contributed by atoms with E-state index in [2.05, 4.69) is 0 Å². The van der Waals surface area contributed by atoms with Crippen LogP contribution >= 0.6 is 0 Å². The summed E-state index contributed by atoms with van der Waals surface area (Å²) in [5.41, 5.74) is 1.96. The van der Waals surface area contributed by atoms with E-state index in [1.54, 1.807) is 62.8 Å². The maximum atomic E-state index is 13.4. The van der Waals surface area contributed by atoms with Crippen LogP contribution in [0.5, 0.6) is 11.5 Å². The third kappa shape index (κ3) is 3.45. The number of imide groups is 1. The van der Waals surface area contributed by atoms with Crippen LogP contribution < -0.4 is 14.4 Å². The monoisotopic (exact) mass is 394 g/mol. The molecule has 2 heterocycles. The van der Waals surface area contributed by atoms with Gasteiger partial charge < -0.3 is 19.1 Å². The lowest BCUT2D eigenvalue weighted by atomic mass is 10.0. The molecule has 1 saturated heterocycles. The number of carbonyl (C=O) groups is 2. The lowest BCUT2D eigenvalue weighted by molar-refractivity contribution is -0.121. The highest BCUT2D eigenvalue weighted by Gasteiger charge is 2.42. The van der Waals surface area contributed by atoms with Gasteiger partial charge in [-0.25, -0.2) is 4.90 Å². The van der Waals surface area contributed by atoms with E-state index in [0.29, 0.717) is 60.3 Å². The highest BCUT2D eigenvalue weighted by Crippen LogP contribution is 2.36. The molecule has 0 N–H and O–H groups in total. The number of carbonyl (C=O) groups excluding carboxylic acids is 2.